The van der Waals surface area contributed by atoms with Gasteiger partial charge >= 0.3 is 12.0 Å². The topological polar surface area (TPSA) is 78.4 Å². The van der Waals surface area contributed by atoms with E-state index in [2.05, 4.69) is 17.6 Å². The summed E-state index contributed by atoms with van der Waals surface area (Å²) in [5.74, 6) is -0.213. The van der Waals surface area contributed by atoms with Crippen molar-refractivity contribution in [1.29, 1.82) is 0 Å². The fraction of sp³-hybridized carbons (Fsp3) is 0.867. The Morgan fingerprint density at radius 3 is 2.15 bits per heavy atom. The molecular formula is C15H26N2O3. The number of carbonyl (C=O) groups excluding carboxylic acids is 1. The average molecular weight is 282 g/mol. The van der Waals surface area contributed by atoms with E-state index < -0.39 is 5.97 Å². The summed E-state index contributed by atoms with van der Waals surface area (Å²) in [6, 6.07) is 0.179. The van der Waals surface area contributed by atoms with Gasteiger partial charge in [-0.15, -0.1) is 0 Å². The fourth-order valence-electron chi connectivity index (χ4n) is 3.46. The first-order valence-corrected chi connectivity index (χ1v) is 7.88. The van der Waals surface area contributed by atoms with Gasteiger partial charge in [-0.1, -0.05) is 13.3 Å². The predicted molar refractivity (Wildman–Crippen MR) is 76.5 cm³/mol. The minimum absolute atomic E-state index is 0.0167. The lowest BCUT2D eigenvalue weighted by molar-refractivity contribution is -0.141. The van der Waals surface area contributed by atoms with Gasteiger partial charge < -0.3 is 15.7 Å². The van der Waals surface area contributed by atoms with E-state index in [1.807, 2.05) is 0 Å². The van der Waals surface area contributed by atoms with Gasteiger partial charge in [-0.3, -0.25) is 4.79 Å². The highest BCUT2D eigenvalue weighted by Crippen LogP contribution is 2.27. The Hall–Kier alpha value is -1.26. The van der Waals surface area contributed by atoms with E-state index in [9.17, 15) is 9.59 Å². The van der Waals surface area contributed by atoms with Gasteiger partial charge in [0.1, 0.15) is 0 Å². The van der Waals surface area contributed by atoms with Crippen molar-refractivity contribution in [1.82, 2.24) is 10.6 Å². The third-order valence-corrected chi connectivity index (χ3v) is 4.88. The number of rotatable bonds is 4. The molecule has 2 atom stereocenters. The van der Waals surface area contributed by atoms with E-state index in [1.165, 1.54) is 19.3 Å². The Kier molecular flexibility index (Phi) is 5.26. The zero-order chi connectivity index (χ0) is 14.5. The number of carbonyl (C=O) groups is 2. The lowest BCUT2D eigenvalue weighted by atomic mass is 9.85. The Morgan fingerprint density at radius 1 is 1.00 bits per heavy atom. The fourth-order valence-corrected chi connectivity index (χ4v) is 3.46. The number of aliphatic carboxylic acids is 1. The van der Waals surface area contributed by atoms with Crippen LogP contribution in [0.25, 0.3) is 0 Å². The van der Waals surface area contributed by atoms with Gasteiger partial charge in [0.2, 0.25) is 0 Å². The van der Waals surface area contributed by atoms with Crippen LogP contribution >= 0.6 is 0 Å². The highest BCUT2D eigenvalue weighted by molar-refractivity contribution is 5.75. The van der Waals surface area contributed by atoms with E-state index in [4.69, 9.17) is 5.11 Å². The maximum absolute atomic E-state index is 11.9. The summed E-state index contributed by atoms with van der Waals surface area (Å²) in [6.07, 6.45) is 7.76. The van der Waals surface area contributed by atoms with E-state index >= 15 is 0 Å². The van der Waals surface area contributed by atoms with Gasteiger partial charge in [-0.2, -0.15) is 0 Å². The minimum atomic E-state index is -0.743. The molecule has 0 saturated heterocycles. The summed E-state index contributed by atoms with van der Waals surface area (Å²) in [5, 5.41) is 14.9. The lowest BCUT2D eigenvalue weighted by Gasteiger charge is -2.28. The van der Waals surface area contributed by atoms with Crippen molar-refractivity contribution in [2.24, 2.45) is 11.8 Å². The summed E-state index contributed by atoms with van der Waals surface area (Å²) in [4.78, 5) is 22.8. The molecule has 0 aliphatic heterocycles. The smallest absolute Gasteiger partial charge is 0.315 e. The van der Waals surface area contributed by atoms with Crippen LogP contribution in [0, 0.1) is 11.8 Å². The van der Waals surface area contributed by atoms with Crippen molar-refractivity contribution < 1.29 is 14.7 Å². The molecule has 2 amide bonds. The van der Waals surface area contributed by atoms with Crippen molar-refractivity contribution in [3.8, 4) is 0 Å². The molecule has 0 spiro atoms. The number of carboxylic acids is 1. The molecule has 5 heteroatoms. The molecule has 2 rings (SSSR count). The zero-order valence-electron chi connectivity index (χ0n) is 12.2. The Morgan fingerprint density at radius 2 is 1.60 bits per heavy atom. The maximum Gasteiger partial charge on any atom is 0.315 e. The Balaban J connectivity index is 1.67. The second-order valence-electron chi connectivity index (χ2n) is 6.29. The van der Waals surface area contributed by atoms with Gasteiger partial charge in [0.15, 0.2) is 0 Å². The summed E-state index contributed by atoms with van der Waals surface area (Å²) in [7, 11) is 0. The number of hydrogen-bond acceptors (Lipinski definition) is 2. The molecular weight excluding hydrogens is 256 g/mol. The first-order chi connectivity index (χ1) is 9.58. The third kappa shape index (κ3) is 4.12. The third-order valence-electron chi connectivity index (χ3n) is 4.88. The summed E-state index contributed by atoms with van der Waals surface area (Å²) in [6.45, 7) is 2.23. The average Bonchev–Trinajstić information content (AvgIpc) is 2.88. The van der Waals surface area contributed by atoms with Crippen LogP contribution in [0.2, 0.25) is 0 Å². The molecule has 0 bridgehead atoms. The monoisotopic (exact) mass is 282 g/mol. The molecule has 20 heavy (non-hydrogen) atoms. The molecule has 2 fully saturated rings. The highest BCUT2D eigenvalue weighted by atomic mass is 16.4. The quantitative estimate of drug-likeness (QED) is 0.741. The molecule has 114 valence electrons. The number of carboxylic acid groups (broad SMARTS) is 1. The number of hydrogen-bond donors (Lipinski definition) is 3. The van der Waals surface area contributed by atoms with E-state index in [-0.39, 0.29) is 24.0 Å². The van der Waals surface area contributed by atoms with Crippen LogP contribution in [0.1, 0.15) is 58.3 Å². The van der Waals surface area contributed by atoms with Crippen LogP contribution in [0.15, 0.2) is 0 Å². The first kappa shape index (κ1) is 15.1. The van der Waals surface area contributed by atoms with Gasteiger partial charge in [-0.05, 0) is 50.9 Å². The van der Waals surface area contributed by atoms with Crippen molar-refractivity contribution >= 4 is 12.0 Å². The minimum Gasteiger partial charge on any atom is -0.481 e. The van der Waals surface area contributed by atoms with Crippen molar-refractivity contribution in [2.75, 3.05) is 0 Å². The maximum atomic E-state index is 11.9. The second-order valence-corrected chi connectivity index (χ2v) is 6.29. The Bertz CT molecular complexity index is 351. The Labute approximate surface area is 120 Å². The zero-order valence-corrected chi connectivity index (χ0v) is 12.2. The van der Waals surface area contributed by atoms with Crippen LogP contribution < -0.4 is 10.6 Å². The number of nitrogens with one attached hydrogen (secondary N) is 2. The van der Waals surface area contributed by atoms with Crippen molar-refractivity contribution in [2.45, 2.75) is 70.4 Å². The molecule has 3 N–H and O–H groups in total. The molecule has 0 radical (unpaired) electrons. The molecule has 2 aliphatic carbocycles. The number of amides is 2. The van der Waals surface area contributed by atoms with Gasteiger partial charge in [0.25, 0.3) is 0 Å². The van der Waals surface area contributed by atoms with Crippen LogP contribution in [-0.4, -0.2) is 29.2 Å². The van der Waals surface area contributed by atoms with E-state index in [1.54, 1.807) is 0 Å². The van der Waals surface area contributed by atoms with E-state index in [0.717, 1.165) is 25.2 Å². The molecule has 2 unspecified atom stereocenters. The van der Waals surface area contributed by atoms with Crippen LogP contribution in [0.5, 0.6) is 0 Å². The first-order valence-electron chi connectivity index (χ1n) is 7.88. The molecule has 2 aliphatic rings. The van der Waals surface area contributed by atoms with Crippen LogP contribution in [0.3, 0.4) is 0 Å². The van der Waals surface area contributed by atoms with Crippen molar-refractivity contribution in [3.05, 3.63) is 0 Å². The highest BCUT2D eigenvalue weighted by Gasteiger charge is 2.31. The lowest BCUT2D eigenvalue weighted by Crippen LogP contribution is -2.46. The van der Waals surface area contributed by atoms with Crippen LogP contribution in [-0.2, 0) is 4.79 Å². The standard InChI is InChI=1S/C15H26N2O3/c1-2-10-3-6-12(7-4-10)16-15(20)17-13-8-5-11(9-13)14(18)19/h10-13H,2-9H2,1H3,(H,18,19)(H2,16,17,20). The van der Waals surface area contributed by atoms with Gasteiger partial charge in [0.05, 0.1) is 5.92 Å². The summed E-state index contributed by atoms with van der Waals surface area (Å²) >= 11 is 0. The largest absolute Gasteiger partial charge is 0.481 e. The molecule has 0 heterocycles. The second kappa shape index (κ2) is 6.95. The van der Waals surface area contributed by atoms with Crippen LogP contribution in [0.4, 0.5) is 4.79 Å². The molecule has 2 saturated carbocycles. The predicted octanol–water partition coefficient (Wildman–Crippen LogP) is 2.51. The van der Waals surface area contributed by atoms with Crippen molar-refractivity contribution in [3.63, 3.8) is 0 Å². The summed E-state index contributed by atoms with van der Waals surface area (Å²) < 4.78 is 0. The SMILES string of the molecule is CCC1CCC(NC(=O)NC2CCC(C(=O)O)C2)CC1. The van der Waals surface area contributed by atoms with Gasteiger partial charge in [-0.25, -0.2) is 4.79 Å². The van der Waals surface area contributed by atoms with E-state index in [0.29, 0.717) is 12.8 Å². The molecule has 0 aromatic heterocycles. The summed E-state index contributed by atoms with van der Waals surface area (Å²) in [5.41, 5.74) is 0. The van der Waals surface area contributed by atoms with Gasteiger partial charge in [0, 0.05) is 12.1 Å². The number of urea groups is 1. The molecule has 0 aromatic carbocycles. The molecule has 5 nitrogen and oxygen atoms in total. The normalized spacial score (nSPS) is 33.6. The molecule has 0 aromatic rings.